The molecule has 2 aromatic rings. The molecule has 0 aliphatic carbocycles. The number of halogens is 1. The molecule has 18 nitrogen and oxygen atoms in total. The molecule has 3 heterocycles. The molecule has 0 amide bonds. The van der Waals surface area contributed by atoms with Crippen molar-refractivity contribution < 1.29 is 136 Å². The second kappa shape index (κ2) is 14.4. The Balaban J connectivity index is 0. The molecule has 6 unspecified atom stereocenters. The summed E-state index contributed by atoms with van der Waals surface area (Å²) in [5.74, 6) is -0.340. The number of aliphatic hydroxyl groups excluding tert-OH is 1. The Labute approximate surface area is 248 Å². The zero-order chi connectivity index (χ0) is 24.1. The van der Waals surface area contributed by atoms with Crippen LogP contribution in [0.25, 0.3) is 11.2 Å². The summed E-state index contributed by atoms with van der Waals surface area (Å²) in [6.07, 6.45) is -6.76. The van der Waals surface area contributed by atoms with Gasteiger partial charge in [0.25, 0.3) is 21.2 Å². The number of imidazole rings is 1. The summed E-state index contributed by atoms with van der Waals surface area (Å²) in [5, 5.41) is 9.97. The third-order valence-electron chi connectivity index (χ3n) is 3.82. The van der Waals surface area contributed by atoms with E-state index in [1.165, 1.54) is 0 Å². The Morgan fingerprint density at radius 2 is 1.72 bits per heavy atom. The van der Waals surface area contributed by atoms with Crippen molar-refractivity contribution in [2.45, 2.75) is 24.6 Å². The number of nitrogens with one attached hydrogen (secondary N) is 1. The average molecular weight is 549 g/mol. The molecule has 1 aliphatic heterocycles. The van der Waals surface area contributed by atoms with Crippen LogP contribution in [0.4, 0.5) is 10.3 Å². The molecule has 36 heavy (non-hydrogen) atoms. The van der Waals surface area contributed by atoms with E-state index in [0.717, 1.165) is 10.9 Å². The van der Waals surface area contributed by atoms with E-state index in [-0.39, 0.29) is 92.6 Å². The van der Waals surface area contributed by atoms with Crippen LogP contribution in [0.2, 0.25) is 0 Å². The molecule has 26 heteroatoms. The van der Waals surface area contributed by atoms with E-state index < -0.39 is 60.2 Å². The molecule has 180 valence electrons. The van der Waals surface area contributed by atoms with Crippen LogP contribution in [0.3, 0.4) is 0 Å². The number of anilines is 1. The van der Waals surface area contributed by atoms with Crippen LogP contribution < -0.4 is 106 Å². The Hall–Kier alpha value is 0.800. The van der Waals surface area contributed by atoms with Gasteiger partial charge in [-0.15, -0.1) is 0 Å². The largest absolute Gasteiger partial charge is 1.00 e. The van der Waals surface area contributed by atoms with Gasteiger partial charge in [0, 0.05) is 0 Å². The van der Waals surface area contributed by atoms with Crippen molar-refractivity contribution in [3.05, 3.63) is 16.7 Å². The Bertz CT molecular complexity index is 1230. The van der Waals surface area contributed by atoms with E-state index in [9.17, 15) is 47.6 Å². The summed E-state index contributed by atoms with van der Waals surface area (Å²) >= 11 is 0. The fourth-order valence-corrected chi connectivity index (χ4v) is 5.51. The zero-order valence-corrected chi connectivity index (χ0v) is 21.8. The molecule has 1 aliphatic rings. The first-order valence-corrected chi connectivity index (χ1v) is 12.4. The van der Waals surface area contributed by atoms with Gasteiger partial charge in [-0.1, -0.05) is 0 Å². The van der Waals surface area contributed by atoms with Gasteiger partial charge in [-0.25, -0.2) is 13.7 Å². The van der Waals surface area contributed by atoms with Crippen LogP contribution in [0.15, 0.2) is 11.1 Å². The maximum absolute atomic E-state index is 14.6. The first-order valence-electron chi connectivity index (χ1n) is 8.00. The number of alkyl halides is 1. The first kappa shape index (κ1) is 38.9. The van der Waals surface area contributed by atoms with Gasteiger partial charge in [0.1, 0.15) is 12.2 Å². The molecule has 2 aromatic heterocycles. The normalized spacial score (nSPS) is 24.8. The number of nitrogens with zero attached hydrogens (tertiary/aromatic N) is 3. The van der Waals surface area contributed by atoms with Crippen LogP contribution in [0, 0.1) is 0 Å². The van der Waals surface area contributed by atoms with Crippen LogP contribution in [-0.2, 0) is 31.6 Å². The van der Waals surface area contributed by atoms with Crippen LogP contribution >= 0.6 is 23.5 Å². The topological polar surface area (TPSA) is 290 Å². The summed E-state index contributed by atoms with van der Waals surface area (Å²) in [6.45, 7) is -1.21. The number of fused-ring (bicyclic) bond motifs is 1. The molecule has 0 spiro atoms. The van der Waals surface area contributed by atoms with E-state index in [1.54, 1.807) is 0 Å². The van der Waals surface area contributed by atoms with Gasteiger partial charge in [-0.05, 0) is 0 Å². The number of phosphoric ester groups is 1. The van der Waals surface area contributed by atoms with Crippen molar-refractivity contribution in [3.63, 3.8) is 0 Å². The molecule has 0 saturated carbocycles. The quantitative estimate of drug-likeness (QED) is 0.203. The maximum Gasteiger partial charge on any atom is 1.00 e. The van der Waals surface area contributed by atoms with E-state index in [2.05, 4.69) is 28.1 Å². The van der Waals surface area contributed by atoms with Crippen molar-refractivity contribution >= 4 is 40.6 Å². The van der Waals surface area contributed by atoms with Crippen molar-refractivity contribution in [2.75, 3.05) is 12.3 Å². The summed E-state index contributed by atoms with van der Waals surface area (Å²) in [6, 6.07) is 0. The number of aromatic amines is 1. The fourth-order valence-electron chi connectivity index (χ4n) is 2.64. The molecule has 1 saturated heterocycles. The van der Waals surface area contributed by atoms with Gasteiger partial charge in [0.15, 0.2) is 23.6 Å². The molecule has 3 rings (SSSR count). The Morgan fingerprint density at radius 1 is 1.14 bits per heavy atom. The van der Waals surface area contributed by atoms with Gasteiger partial charge in [-0.3, -0.25) is 27.8 Å². The molecule has 0 radical (unpaired) electrons. The van der Waals surface area contributed by atoms with E-state index in [0.29, 0.717) is 0 Å². The SMILES string of the molecule is Nc1nc2c(ncn2C2OC(COP(=O)([O-])OP(=O)([O-])OP(=O)([O-])[O-])C(O)C2F)c(=O)[nH]1.[Li+].[Li+].[Li+].[Li+]. The summed E-state index contributed by atoms with van der Waals surface area (Å²) in [5.41, 5.74) is 4.19. The number of ether oxygens (including phenoxy) is 1. The van der Waals surface area contributed by atoms with Crippen LogP contribution in [0.5, 0.6) is 0 Å². The van der Waals surface area contributed by atoms with Gasteiger partial charge >= 0.3 is 75.4 Å². The predicted octanol–water partition coefficient (Wildman–Crippen LogP) is -15.9. The second-order valence-electron chi connectivity index (χ2n) is 6.08. The van der Waals surface area contributed by atoms with Crippen LogP contribution in [0.1, 0.15) is 6.23 Å². The number of nitrogen functional groups attached to an aromatic ring is 1. The Kier molecular flexibility index (Phi) is 15.6. The van der Waals surface area contributed by atoms with E-state index >= 15 is 0 Å². The molecular weight excluding hydrogens is 538 g/mol. The first-order chi connectivity index (χ1) is 14.6. The molecule has 6 atom stereocenters. The number of hydrogen-bond acceptors (Lipinski definition) is 16. The zero-order valence-electron chi connectivity index (χ0n) is 19.1. The molecular formula is C10H11FLi4N5O13P3. The molecule has 4 N–H and O–H groups in total. The minimum absolute atomic E-state index is 0. The monoisotopic (exact) mass is 549 g/mol. The van der Waals surface area contributed by atoms with Gasteiger partial charge in [0.2, 0.25) is 5.95 Å². The smallest absolute Gasteiger partial charge is 0.790 e. The molecule has 1 fully saturated rings. The van der Waals surface area contributed by atoms with E-state index in [1.807, 2.05) is 0 Å². The Morgan fingerprint density at radius 3 is 2.28 bits per heavy atom. The molecule has 0 aromatic carbocycles. The standard InChI is InChI=1S/C10H15FN5O13P3.4Li/c11-4-6(17)3(1-26-31(22,23)29-32(24,25)28-30(19,20)21)27-9(4)16-2-13-5-7(16)14-10(12)15-8(5)18;;;;/h2-4,6,9,17H,1H2,(H,22,23)(H,24,25)(H2,19,20,21)(H3,12,14,15,18);;;;/q;4*+1/p-4. The third kappa shape index (κ3) is 9.77. The minimum Gasteiger partial charge on any atom is -0.790 e. The summed E-state index contributed by atoms with van der Waals surface area (Å²) < 4.78 is 64.1. The number of rotatable bonds is 8. The number of aliphatic hydroxyl groups is 1. The van der Waals surface area contributed by atoms with Crippen molar-refractivity contribution in [2.24, 2.45) is 0 Å². The summed E-state index contributed by atoms with van der Waals surface area (Å²) in [4.78, 5) is 64.7. The average Bonchev–Trinajstić information content (AvgIpc) is 3.12. The second-order valence-corrected chi connectivity index (χ2v) is 10.3. The minimum atomic E-state index is -6.19. The maximum atomic E-state index is 14.6. The number of aromatic nitrogens is 4. The van der Waals surface area contributed by atoms with Crippen LogP contribution in [-0.4, -0.2) is 49.6 Å². The van der Waals surface area contributed by atoms with Crippen molar-refractivity contribution in [3.8, 4) is 0 Å². The van der Waals surface area contributed by atoms with Crippen molar-refractivity contribution in [1.29, 1.82) is 0 Å². The van der Waals surface area contributed by atoms with E-state index in [4.69, 9.17) is 10.5 Å². The van der Waals surface area contributed by atoms with Crippen molar-refractivity contribution in [1.82, 2.24) is 19.5 Å². The third-order valence-corrected chi connectivity index (χ3v) is 7.48. The predicted molar refractivity (Wildman–Crippen MR) is 88.3 cm³/mol. The number of hydrogen-bond donors (Lipinski definition) is 3. The fraction of sp³-hybridized carbons (Fsp3) is 0.500. The van der Waals surface area contributed by atoms with Gasteiger partial charge < -0.3 is 44.2 Å². The number of phosphoric acid groups is 3. The van der Waals surface area contributed by atoms with Gasteiger partial charge in [-0.2, -0.15) is 4.98 Å². The number of H-pyrrole nitrogens is 1. The van der Waals surface area contributed by atoms with Gasteiger partial charge in [0.05, 0.1) is 20.8 Å². The number of nitrogens with two attached hydrogens (primary N) is 1. The summed E-state index contributed by atoms with van der Waals surface area (Å²) in [7, 11) is -18.3. The molecule has 0 bridgehead atoms.